The van der Waals surface area contributed by atoms with Gasteiger partial charge in [-0.25, -0.2) is 0 Å². The number of anilines is 1. The Labute approximate surface area is 297 Å². The van der Waals surface area contributed by atoms with Gasteiger partial charge in [-0.1, -0.05) is 0 Å². The normalized spacial score (nSPS) is 26.2. The van der Waals surface area contributed by atoms with Crippen molar-refractivity contribution in [3.8, 4) is 0 Å². The summed E-state index contributed by atoms with van der Waals surface area (Å²) in [5, 5.41) is 0.921. The van der Waals surface area contributed by atoms with Gasteiger partial charge in [-0.05, 0) is 0 Å². The number of aryl methyl sites for hydroxylation is 6. The Morgan fingerprint density at radius 3 is 1.62 bits per heavy atom. The zero-order chi connectivity index (χ0) is 31.2. The number of hydrogen-bond acceptors (Lipinski definition) is 2. The summed E-state index contributed by atoms with van der Waals surface area (Å²) in [6.45, 7) is 14.6. The molecular weight excluding hydrogens is 699 g/mol. The molecule has 6 heteroatoms. The maximum Gasteiger partial charge on any atom is 0 e. The first kappa shape index (κ1) is 35.7. The molecule has 0 amide bonds. The smallest absolute Gasteiger partial charge is 0 e. The van der Waals surface area contributed by atoms with E-state index in [1.165, 1.54) is 128 Å². The van der Waals surface area contributed by atoms with Gasteiger partial charge in [-0.3, -0.25) is 0 Å². The number of hydrogen-bond donors (Lipinski definition) is 1. The van der Waals surface area contributed by atoms with Gasteiger partial charge in [0, 0.05) is 19.5 Å². The fourth-order valence-corrected chi connectivity index (χ4v) is 19.8. The predicted octanol–water partition coefficient (Wildman–Crippen LogP) is 12.4. The molecule has 1 heterocycles. The number of rotatable bonds is 5. The number of benzene rings is 2. The SMILES string of the molecule is Cc1cc(C)c(C2CNC(=C3CCCCC3P(Cl)(Cl)(C3CCCCC3)C3CCCCC3)N2c2c(C)cc(C)cc2C)c(C)c1.[Ru]. The van der Waals surface area contributed by atoms with Crippen LogP contribution in [-0.4, -0.2) is 23.5 Å². The van der Waals surface area contributed by atoms with E-state index >= 15 is 0 Å². The van der Waals surface area contributed by atoms with E-state index in [-0.39, 0.29) is 25.5 Å². The van der Waals surface area contributed by atoms with Gasteiger partial charge >= 0.3 is 279 Å². The van der Waals surface area contributed by atoms with Crippen molar-refractivity contribution in [1.82, 2.24) is 5.32 Å². The van der Waals surface area contributed by atoms with Crippen LogP contribution in [-0.2, 0) is 19.5 Å². The molecule has 3 aliphatic carbocycles. The third kappa shape index (κ3) is 6.45. The molecule has 0 spiro atoms. The minimum Gasteiger partial charge on any atom is 0 e. The van der Waals surface area contributed by atoms with Crippen LogP contribution in [0.25, 0.3) is 0 Å². The summed E-state index contributed by atoms with van der Waals surface area (Å²) in [5.41, 5.74) is 13.9. The Morgan fingerprint density at radius 2 is 1.11 bits per heavy atom. The zero-order valence-electron chi connectivity index (χ0n) is 28.7. The minimum atomic E-state index is -3.18. The average molecular weight is 757 g/mol. The van der Waals surface area contributed by atoms with Gasteiger partial charge in [0.05, 0.1) is 0 Å². The van der Waals surface area contributed by atoms with Crippen LogP contribution in [0.5, 0.6) is 0 Å². The molecule has 2 aromatic carbocycles. The Hall–Kier alpha value is -0.587. The summed E-state index contributed by atoms with van der Waals surface area (Å²) in [4.78, 5) is 2.73. The first-order valence-electron chi connectivity index (χ1n) is 17.9. The van der Waals surface area contributed by atoms with Crippen LogP contribution in [0, 0.1) is 41.5 Å². The Balaban J connectivity index is 0.00000400. The molecule has 0 radical (unpaired) electrons. The summed E-state index contributed by atoms with van der Waals surface area (Å²) in [7, 11) is 0. The van der Waals surface area contributed by atoms with Crippen LogP contribution in [0.15, 0.2) is 35.7 Å². The number of nitrogens with one attached hydrogen (secondary N) is 1. The molecule has 1 aliphatic heterocycles. The van der Waals surface area contributed by atoms with Gasteiger partial charge in [-0.15, -0.1) is 0 Å². The second-order valence-corrected chi connectivity index (χ2v) is 24.5. The van der Waals surface area contributed by atoms with E-state index in [4.69, 9.17) is 22.5 Å². The number of halogens is 2. The Bertz CT molecular complexity index is 1350. The van der Waals surface area contributed by atoms with Crippen molar-refractivity contribution in [2.75, 3.05) is 11.4 Å². The summed E-state index contributed by atoms with van der Waals surface area (Å²) < 4.78 is 0. The Morgan fingerprint density at radius 1 is 0.644 bits per heavy atom. The van der Waals surface area contributed by atoms with Crippen molar-refractivity contribution < 1.29 is 19.5 Å². The Kier molecular flexibility index (Phi) is 11.2. The van der Waals surface area contributed by atoms with E-state index in [1.54, 1.807) is 5.57 Å². The summed E-state index contributed by atoms with van der Waals surface area (Å²) in [6, 6.07) is 9.74. The van der Waals surface area contributed by atoms with Gasteiger partial charge in [0.2, 0.25) is 0 Å². The van der Waals surface area contributed by atoms with Gasteiger partial charge in [0.1, 0.15) is 0 Å². The molecule has 1 saturated heterocycles. The summed E-state index contributed by atoms with van der Waals surface area (Å²) >= 11 is 17.0. The molecule has 250 valence electrons. The first-order valence-corrected chi connectivity index (χ1v) is 22.1. The van der Waals surface area contributed by atoms with Crippen LogP contribution < -0.4 is 10.2 Å². The van der Waals surface area contributed by atoms with Gasteiger partial charge in [-0.2, -0.15) is 0 Å². The quantitative estimate of drug-likeness (QED) is 0.241. The minimum absolute atomic E-state index is 0. The van der Waals surface area contributed by atoms with Crippen LogP contribution >= 0.6 is 27.8 Å². The fourth-order valence-electron chi connectivity index (χ4n) is 10.3. The van der Waals surface area contributed by atoms with Crippen molar-refractivity contribution in [1.29, 1.82) is 0 Å². The molecule has 4 fully saturated rings. The first-order chi connectivity index (χ1) is 21.0. The molecule has 6 rings (SSSR count). The fraction of sp³-hybridized carbons (Fsp3) is 0.641. The van der Waals surface area contributed by atoms with Crippen molar-refractivity contribution in [2.24, 2.45) is 0 Å². The third-order valence-corrected chi connectivity index (χ3v) is 22.3. The largest absolute Gasteiger partial charge is 0 e. The van der Waals surface area contributed by atoms with E-state index in [0.29, 0.717) is 17.0 Å². The molecule has 45 heavy (non-hydrogen) atoms. The molecule has 4 aliphatic rings. The topological polar surface area (TPSA) is 15.3 Å². The van der Waals surface area contributed by atoms with Crippen molar-refractivity contribution in [3.63, 3.8) is 0 Å². The maximum absolute atomic E-state index is 8.52. The van der Waals surface area contributed by atoms with E-state index in [2.05, 4.69) is 76.0 Å². The third-order valence-electron chi connectivity index (χ3n) is 12.0. The monoisotopic (exact) mass is 756 g/mol. The standard InChI is InChI=1S/C39H57Cl2N2P.Ru/c1-26-21-28(3)37(29(4)22-26)35-25-42-39(43(35)38-30(5)23-27(2)24-31(38)6)34-19-13-14-20-36(34)44(40,41,32-15-9-7-10-16-32)33-17-11-8-12-18-33;/h21-24,32-33,35-36,42H,7-20,25H2,1-6H3;. The molecule has 1 N–H and O–H groups in total. The second kappa shape index (κ2) is 14.1. The molecule has 3 saturated carbocycles. The van der Waals surface area contributed by atoms with E-state index in [0.717, 1.165) is 19.4 Å². The summed E-state index contributed by atoms with van der Waals surface area (Å²) in [6.07, 6.45) is 17.6. The van der Waals surface area contributed by atoms with E-state index in [9.17, 15) is 0 Å². The molecule has 0 bridgehead atoms. The molecule has 2 atom stereocenters. The molecular formula is C39H57Cl2N2PRu. The van der Waals surface area contributed by atoms with Crippen molar-refractivity contribution in [2.45, 2.75) is 154 Å². The van der Waals surface area contributed by atoms with Crippen LogP contribution in [0.1, 0.15) is 135 Å². The predicted molar refractivity (Wildman–Crippen MR) is 196 cm³/mol. The second-order valence-electron chi connectivity index (χ2n) is 15.1. The van der Waals surface area contributed by atoms with Crippen molar-refractivity contribution >= 4 is 33.5 Å². The molecule has 2 aromatic rings. The molecule has 0 aromatic heterocycles. The number of nitrogens with zero attached hydrogens (tertiary/aromatic N) is 1. The van der Waals surface area contributed by atoms with E-state index < -0.39 is 5.31 Å². The molecule has 2 unspecified atom stereocenters. The maximum atomic E-state index is 8.52. The average Bonchev–Trinajstić information content (AvgIpc) is 3.41. The van der Waals surface area contributed by atoms with Crippen LogP contribution in [0.4, 0.5) is 5.69 Å². The molecule has 2 nitrogen and oxygen atoms in total. The van der Waals surface area contributed by atoms with Crippen molar-refractivity contribution in [3.05, 3.63) is 74.6 Å². The van der Waals surface area contributed by atoms with Gasteiger partial charge in [0.15, 0.2) is 0 Å². The van der Waals surface area contributed by atoms with E-state index in [1.807, 2.05) is 0 Å². The number of allylic oxidation sites excluding steroid dienone is 1. The van der Waals surface area contributed by atoms with Gasteiger partial charge < -0.3 is 0 Å². The van der Waals surface area contributed by atoms with Crippen LogP contribution in [0.2, 0.25) is 0 Å². The zero-order valence-corrected chi connectivity index (χ0v) is 32.9. The van der Waals surface area contributed by atoms with Gasteiger partial charge in [0.25, 0.3) is 0 Å². The van der Waals surface area contributed by atoms with Crippen LogP contribution in [0.3, 0.4) is 0 Å². The summed E-state index contributed by atoms with van der Waals surface area (Å²) in [5.74, 6) is 1.34.